The first-order valence-electron chi connectivity index (χ1n) is 12.9. The molecule has 0 atom stereocenters. The molecule has 1 N–H and O–H groups in total. The van der Waals surface area contributed by atoms with Crippen LogP contribution in [0.1, 0.15) is 36.8 Å². The van der Waals surface area contributed by atoms with E-state index in [-0.39, 0.29) is 17.6 Å². The Hall–Kier alpha value is -3.41. The van der Waals surface area contributed by atoms with Crippen molar-refractivity contribution in [1.29, 1.82) is 0 Å². The van der Waals surface area contributed by atoms with Crippen molar-refractivity contribution in [2.45, 2.75) is 44.8 Å². The molecule has 206 valence electrons. The number of carbonyl (C=O) groups excluding carboxylic acids is 1. The Bertz CT molecular complexity index is 1110. The lowest BCUT2D eigenvalue weighted by atomic mass is 10.0. The maximum atomic E-state index is 12.8. The van der Waals surface area contributed by atoms with Crippen molar-refractivity contribution in [3.8, 4) is 0 Å². The monoisotopic (exact) mass is 534 g/mol. The Morgan fingerprint density at radius 2 is 1.76 bits per heavy atom. The van der Waals surface area contributed by atoms with Gasteiger partial charge in [-0.1, -0.05) is 0 Å². The summed E-state index contributed by atoms with van der Waals surface area (Å²) in [6, 6.07) is 7.14. The van der Waals surface area contributed by atoms with Crippen molar-refractivity contribution in [1.82, 2.24) is 14.8 Å². The Balaban J connectivity index is 1.13. The molecule has 0 spiro atoms. The van der Waals surface area contributed by atoms with Gasteiger partial charge in [-0.2, -0.15) is 13.2 Å². The molecule has 0 saturated carbocycles. The highest BCUT2D eigenvalue weighted by molar-refractivity contribution is 5.76. The SMILES string of the molecule is Cc1cc(NC2CCN(C(=O)CCCN3CCN(c4ccc(C(F)(F)F)cc4)CC3)CC2)ncc1[N+](=O)[O-]. The summed E-state index contributed by atoms with van der Waals surface area (Å²) in [6.45, 7) is 6.92. The number of piperidine rings is 1. The number of benzene rings is 1. The normalized spacial score (nSPS) is 17.5. The molecule has 2 aromatic rings. The van der Waals surface area contributed by atoms with Gasteiger partial charge in [0.15, 0.2) is 0 Å². The highest BCUT2D eigenvalue weighted by Gasteiger charge is 2.30. The summed E-state index contributed by atoms with van der Waals surface area (Å²) in [5.41, 5.74) is 0.713. The summed E-state index contributed by atoms with van der Waals surface area (Å²) in [6.07, 6.45) is -0.229. The maximum Gasteiger partial charge on any atom is 0.416 e. The minimum atomic E-state index is -4.33. The first kappa shape index (κ1) is 27.6. The number of alkyl halides is 3. The van der Waals surface area contributed by atoms with Gasteiger partial charge in [0.25, 0.3) is 5.69 Å². The number of pyridine rings is 1. The quantitative estimate of drug-likeness (QED) is 0.398. The van der Waals surface area contributed by atoms with Gasteiger partial charge in [0.1, 0.15) is 12.0 Å². The van der Waals surface area contributed by atoms with E-state index in [1.54, 1.807) is 13.0 Å². The molecule has 12 heteroatoms. The zero-order valence-corrected chi connectivity index (χ0v) is 21.4. The molecular weight excluding hydrogens is 501 g/mol. The number of aromatic nitrogens is 1. The minimum Gasteiger partial charge on any atom is -0.369 e. The van der Waals surface area contributed by atoms with Crippen LogP contribution >= 0.6 is 0 Å². The van der Waals surface area contributed by atoms with Gasteiger partial charge in [-0.25, -0.2) is 4.98 Å². The number of carbonyl (C=O) groups is 1. The van der Waals surface area contributed by atoms with Gasteiger partial charge in [0.2, 0.25) is 5.91 Å². The van der Waals surface area contributed by atoms with Crippen molar-refractivity contribution in [3.05, 3.63) is 57.8 Å². The molecule has 2 aliphatic rings. The van der Waals surface area contributed by atoms with Crippen LogP contribution < -0.4 is 10.2 Å². The zero-order chi connectivity index (χ0) is 27.3. The molecule has 3 heterocycles. The molecule has 2 aliphatic heterocycles. The largest absolute Gasteiger partial charge is 0.416 e. The van der Waals surface area contributed by atoms with Gasteiger partial charge in [-0.15, -0.1) is 0 Å². The Morgan fingerprint density at radius 3 is 2.34 bits per heavy atom. The lowest BCUT2D eigenvalue weighted by Crippen LogP contribution is -2.47. The van der Waals surface area contributed by atoms with Crippen molar-refractivity contribution in [3.63, 3.8) is 0 Å². The Morgan fingerprint density at radius 1 is 1.11 bits per heavy atom. The summed E-state index contributed by atoms with van der Waals surface area (Å²) in [5.74, 6) is 0.757. The van der Waals surface area contributed by atoms with Crippen molar-refractivity contribution < 1.29 is 22.9 Å². The van der Waals surface area contributed by atoms with Crippen molar-refractivity contribution >= 4 is 23.1 Å². The average molecular weight is 535 g/mol. The molecule has 0 bridgehead atoms. The number of anilines is 2. The number of nitro groups is 1. The summed E-state index contributed by atoms with van der Waals surface area (Å²) in [5, 5.41) is 14.3. The standard InChI is InChI=1S/C26H33F3N6O3/c1-19-17-24(30-18-23(19)35(37)38)31-21-8-11-34(12-9-21)25(36)3-2-10-32-13-15-33(16-14-32)22-6-4-20(5-7-22)26(27,28)29/h4-7,17-18,21H,2-3,8-16H2,1H3,(H,30,31). The number of likely N-dealkylation sites (tertiary alicyclic amines) is 1. The Kier molecular flexibility index (Phi) is 8.70. The third kappa shape index (κ3) is 7.12. The van der Waals surface area contributed by atoms with Crippen LogP contribution in [0.25, 0.3) is 0 Å². The van der Waals surface area contributed by atoms with E-state index < -0.39 is 16.7 Å². The van der Waals surface area contributed by atoms with Crippen LogP contribution in [0.3, 0.4) is 0 Å². The molecule has 38 heavy (non-hydrogen) atoms. The van der Waals surface area contributed by atoms with Crippen LogP contribution in [-0.4, -0.2) is 77.5 Å². The number of hydrogen-bond donors (Lipinski definition) is 1. The van der Waals surface area contributed by atoms with E-state index in [4.69, 9.17) is 0 Å². The van der Waals surface area contributed by atoms with Crippen LogP contribution in [0.5, 0.6) is 0 Å². The lowest BCUT2D eigenvalue weighted by molar-refractivity contribution is -0.385. The minimum absolute atomic E-state index is 0.00278. The van der Waals surface area contributed by atoms with Gasteiger partial charge in [-0.05, 0) is 63.1 Å². The molecule has 1 aromatic heterocycles. The van der Waals surface area contributed by atoms with E-state index in [1.807, 2.05) is 4.90 Å². The smallest absolute Gasteiger partial charge is 0.369 e. The van der Waals surface area contributed by atoms with Crippen molar-refractivity contribution in [2.75, 3.05) is 56.0 Å². The molecule has 0 aliphatic carbocycles. The molecule has 2 fully saturated rings. The van der Waals surface area contributed by atoms with Crippen molar-refractivity contribution in [2.24, 2.45) is 0 Å². The van der Waals surface area contributed by atoms with Gasteiger partial charge >= 0.3 is 6.18 Å². The second-order valence-electron chi connectivity index (χ2n) is 9.89. The van der Waals surface area contributed by atoms with Crippen LogP contribution in [-0.2, 0) is 11.0 Å². The number of nitrogens with one attached hydrogen (secondary N) is 1. The highest BCUT2D eigenvalue weighted by atomic mass is 19.4. The van der Waals surface area contributed by atoms with Gasteiger partial charge in [0, 0.05) is 63.0 Å². The summed E-state index contributed by atoms with van der Waals surface area (Å²) in [7, 11) is 0. The predicted octanol–water partition coefficient (Wildman–Crippen LogP) is 4.32. The topological polar surface area (TPSA) is 94.9 Å². The molecule has 0 unspecified atom stereocenters. The van der Waals surface area contributed by atoms with Crippen LogP contribution in [0.4, 0.5) is 30.4 Å². The van der Waals surface area contributed by atoms with Gasteiger partial charge in [0.05, 0.1) is 10.5 Å². The second kappa shape index (κ2) is 12.0. The number of nitrogens with zero attached hydrogens (tertiary/aromatic N) is 5. The average Bonchev–Trinajstić information content (AvgIpc) is 2.89. The number of aryl methyl sites for hydroxylation is 1. The first-order chi connectivity index (χ1) is 18.1. The molecule has 0 radical (unpaired) electrons. The number of amides is 1. The molecule has 9 nitrogen and oxygen atoms in total. The van der Waals surface area contributed by atoms with Gasteiger partial charge in [-0.3, -0.25) is 19.8 Å². The third-order valence-corrected chi connectivity index (χ3v) is 7.28. The summed E-state index contributed by atoms with van der Waals surface area (Å²) >= 11 is 0. The van der Waals surface area contributed by atoms with E-state index in [0.717, 1.165) is 69.8 Å². The highest BCUT2D eigenvalue weighted by Crippen LogP contribution is 2.30. The number of halogens is 3. The number of piperazine rings is 1. The van der Waals surface area contributed by atoms with E-state index >= 15 is 0 Å². The van der Waals surface area contributed by atoms with E-state index in [2.05, 4.69) is 20.1 Å². The maximum absolute atomic E-state index is 12.8. The van der Waals surface area contributed by atoms with Gasteiger partial charge < -0.3 is 15.1 Å². The third-order valence-electron chi connectivity index (χ3n) is 7.28. The van der Waals surface area contributed by atoms with E-state index in [1.165, 1.54) is 18.3 Å². The predicted molar refractivity (Wildman–Crippen MR) is 138 cm³/mol. The zero-order valence-electron chi connectivity index (χ0n) is 21.4. The summed E-state index contributed by atoms with van der Waals surface area (Å²) in [4.78, 5) is 33.7. The Labute approximate surface area is 219 Å². The lowest BCUT2D eigenvalue weighted by Gasteiger charge is -2.36. The number of rotatable bonds is 8. The molecule has 1 aromatic carbocycles. The molecular formula is C26H33F3N6O3. The fraction of sp³-hybridized carbons (Fsp3) is 0.538. The molecule has 1 amide bonds. The summed E-state index contributed by atoms with van der Waals surface area (Å²) < 4.78 is 38.3. The molecule has 2 saturated heterocycles. The van der Waals surface area contributed by atoms with Crippen LogP contribution in [0, 0.1) is 17.0 Å². The fourth-order valence-corrected chi connectivity index (χ4v) is 5.00. The molecule has 4 rings (SSSR count). The number of hydrogen-bond acceptors (Lipinski definition) is 7. The van der Waals surface area contributed by atoms with Crippen LogP contribution in [0.15, 0.2) is 36.5 Å². The van der Waals surface area contributed by atoms with E-state index in [0.29, 0.717) is 30.9 Å². The first-order valence-corrected chi connectivity index (χ1v) is 12.9. The van der Waals surface area contributed by atoms with Crippen LogP contribution in [0.2, 0.25) is 0 Å². The fourth-order valence-electron chi connectivity index (χ4n) is 5.00. The second-order valence-corrected chi connectivity index (χ2v) is 9.89. The van der Waals surface area contributed by atoms with E-state index in [9.17, 15) is 28.1 Å².